The molecule has 2 rings (SSSR count). The second kappa shape index (κ2) is 4.38. The molecule has 1 heterocycles. The topological polar surface area (TPSA) is 60.4 Å². The standard InChI is InChI=1S/C12H9FO4S/c1-17-12(14)11-7-6-10(18(11,15)16)8-2-4-9(13)5-3-8/h2-7H,1H3. The van der Waals surface area contributed by atoms with Crippen molar-refractivity contribution in [3.63, 3.8) is 0 Å². The van der Waals surface area contributed by atoms with Gasteiger partial charge >= 0.3 is 5.97 Å². The van der Waals surface area contributed by atoms with Crippen molar-refractivity contribution in [2.45, 2.75) is 0 Å². The van der Waals surface area contributed by atoms with Gasteiger partial charge in [0, 0.05) is 0 Å². The first kappa shape index (κ1) is 12.5. The van der Waals surface area contributed by atoms with Crippen molar-refractivity contribution >= 4 is 20.7 Å². The Morgan fingerprint density at radius 1 is 1.17 bits per heavy atom. The molecule has 6 heteroatoms. The molecule has 0 spiro atoms. The Balaban J connectivity index is 2.41. The summed E-state index contributed by atoms with van der Waals surface area (Å²) in [6, 6.07) is 4.99. The zero-order valence-electron chi connectivity index (χ0n) is 9.38. The zero-order chi connectivity index (χ0) is 13.3. The highest BCUT2D eigenvalue weighted by Gasteiger charge is 2.33. The molecule has 0 aromatic heterocycles. The first-order valence-electron chi connectivity index (χ1n) is 4.98. The van der Waals surface area contributed by atoms with Crippen molar-refractivity contribution in [1.29, 1.82) is 0 Å². The number of carbonyl (C=O) groups is 1. The molecule has 4 nitrogen and oxygen atoms in total. The van der Waals surface area contributed by atoms with E-state index in [9.17, 15) is 17.6 Å². The van der Waals surface area contributed by atoms with Crippen LogP contribution >= 0.6 is 0 Å². The molecule has 0 atom stereocenters. The fraction of sp³-hybridized carbons (Fsp3) is 0.0833. The fourth-order valence-corrected chi connectivity index (χ4v) is 3.07. The minimum absolute atomic E-state index is 0.0390. The quantitative estimate of drug-likeness (QED) is 0.765. The Morgan fingerprint density at radius 3 is 2.33 bits per heavy atom. The van der Waals surface area contributed by atoms with Gasteiger partial charge in [-0.25, -0.2) is 17.6 Å². The second-order valence-electron chi connectivity index (χ2n) is 3.56. The number of carbonyl (C=O) groups excluding carboxylic acids is 1. The number of benzene rings is 1. The third-order valence-electron chi connectivity index (χ3n) is 2.48. The van der Waals surface area contributed by atoms with Gasteiger partial charge in [-0.1, -0.05) is 12.1 Å². The predicted molar refractivity (Wildman–Crippen MR) is 63.4 cm³/mol. The lowest BCUT2D eigenvalue weighted by atomic mass is 10.2. The number of halogens is 1. The van der Waals surface area contributed by atoms with E-state index in [1.807, 2.05) is 0 Å². The maximum absolute atomic E-state index is 12.8. The Labute approximate surface area is 103 Å². The van der Waals surface area contributed by atoms with Gasteiger partial charge in [0.25, 0.3) is 0 Å². The number of esters is 1. The fourth-order valence-electron chi connectivity index (χ4n) is 1.59. The number of allylic oxidation sites excluding steroid dienone is 2. The van der Waals surface area contributed by atoms with Crippen molar-refractivity contribution in [3.05, 3.63) is 52.7 Å². The van der Waals surface area contributed by atoms with Gasteiger partial charge in [-0.3, -0.25) is 0 Å². The van der Waals surface area contributed by atoms with Gasteiger partial charge in [-0.2, -0.15) is 0 Å². The minimum Gasteiger partial charge on any atom is -0.465 e. The first-order valence-corrected chi connectivity index (χ1v) is 6.46. The van der Waals surface area contributed by atoms with Crippen LogP contribution in [0.1, 0.15) is 5.56 Å². The van der Waals surface area contributed by atoms with Crippen molar-refractivity contribution in [2.24, 2.45) is 0 Å². The molecule has 0 radical (unpaired) electrons. The Hall–Kier alpha value is -1.95. The minimum atomic E-state index is -3.88. The summed E-state index contributed by atoms with van der Waals surface area (Å²) in [5, 5.41) is 0. The average Bonchev–Trinajstić information content (AvgIpc) is 2.65. The maximum atomic E-state index is 12.8. The molecule has 0 bridgehead atoms. The lowest BCUT2D eigenvalue weighted by Gasteiger charge is -2.06. The van der Waals surface area contributed by atoms with Crippen molar-refractivity contribution in [3.8, 4) is 0 Å². The molecule has 0 amide bonds. The highest BCUT2D eigenvalue weighted by Crippen LogP contribution is 2.32. The van der Waals surface area contributed by atoms with Crippen LogP contribution in [-0.4, -0.2) is 21.5 Å². The number of hydrogen-bond donors (Lipinski definition) is 0. The summed E-state index contributed by atoms with van der Waals surface area (Å²) in [5.74, 6) is -1.38. The Kier molecular flexibility index (Phi) is 3.04. The monoisotopic (exact) mass is 268 g/mol. The largest absolute Gasteiger partial charge is 0.465 e. The molecule has 1 aliphatic heterocycles. The summed E-state index contributed by atoms with van der Waals surface area (Å²) in [6.07, 6.45) is 2.48. The van der Waals surface area contributed by atoms with Gasteiger partial charge in [0.1, 0.15) is 5.82 Å². The van der Waals surface area contributed by atoms with Crippen LogP contribution in [0.25, 0.3) is 4.91 Å². The zero-order valence-corrected chi connectivity index (χ0v) is 10.2. The number of methoxy groups -OCH3 is 1. The Morgan fingerprint density at radius 2 is 1.78 bits per heavy atom. The molecule has 0 saturated carbocycles. The normalized spacial score (nSPS) is 17.0. The van der Waals surface area contributed by atoms with Gasteiger partial charge in [-0.05, 0) is 29.8 Å². The van der Waals surface area contributed by atoms with E-state index in [1.54, 1.807) is 0 Å². The summed E-state index contributed by atoms with van der Waals surface area (Å²) in [5.41, 5.74) is 0.326. The molecular formula is C12H9FO4S. The first-order chi connectivity index (χ1) is 8.46. The van der Waals surface area contributed by atoms with E-state index >= 15 is 0 Å². The molecule has 0 aliphatic carbocycles. The number of hydrogen-bond acceptors (Lipinski definition) is 4. The number of sulfone groups is 1. The Bertz CT molecular complexity index is 654. The molecule has 1 aromatic carbocycles. The second-order valence-corrected chi connectivity index (χ2v) is 5.45. The van der Waals surface area contributed by atoms with E-state index < -0.39 is 26.5 Å². The molecule has 1 aromatic rings. The highest BCUT2D eigenvalue weighted by atomic mass is 32.2. The van der Waals surface area contributed by atoms with E-state index in [0.29, 0.717) is 5.56 Å². The van der Waals surface area contributed by atoms with Gasteiger partial charge in [-0.15, -0.1) is 0 Å². The van der Waals surface area contributed by atoms with Gasteiger partial charge in [0.05, 0.1) is 12.0 Å². The molecule has 18 heavy (non-hydrogen) atoms. The van der Waals surface area contributed by atoms with Crippen LogP contribution in [-0.2, 0) is 19.4 Å². The summed E-state index contributed by atoms with van der Waals surface area (Å²) in [6.45, 7) is 0. The van der Waals surface area contributed by atoms with Crippen molar-refractivity contribution < 1.29 is 22.3 Å². The molecule has 94 valence electrons. The van der Waals surface area contributed by atoms with E-state index in [2.05, 4.69) is 4.74 Å². The predicted octanol–water partition coefficient (Wildman–Crippen LogP) is 1.65. The van der Waals surface area contributed by atoms with Crippen LogP contribution in [0.2, 0.25) is 0 Å². The van der Waals surface area contributed by atoms with Crippen LogP contribution in [0, 0.1) is 5.82 Å². The lowest BCUT2D eigenvalue weighted by Crippen LogP contribution is -2.13. The molecule has 0 N–H and O–H groups in total. The van der Waals surface area contributed by atoms with Gasteiger partial charge < -0.3 is 4.74 Å². The van der Waals surface area contributed by atoms with Crippen LogP contribution in [0.4, 0.5) is 4.39 Å². The van der Waals surface area contributed by atoms with Crippen molar-refractivity contribution in [2.75, 3.05) is 7.11 Å². The van der Waals surface area contributed by atoms with Crippen LogP contribution in [0.5, 0.6) is 0 Å². The van der Waals surface area contributed by atoms with Gasteiger partial charge in [0.2, 0.25) is 9.84 Å². The smallest absolute Gasteiger partial charge is 0.349 e. The molecular weight excluding hydrogens is 259 g/mol. The molecule has 0 fully saturated rings. The van der Waals surface area contributed by atoms with E-state index in [4.69, 9.17) is 0 Å². The van der Waals surface area contributed by atoms with E-state index in [1.165, 1.54) is 24.3 Å². The summed E-state index contributed by atoms with van der Waals surface area (Å²) < 4.78 is 41.3. The summed E-state index contributed by atoms with van der Waals surface area (Å²) in [7, 11) is -2.77. The summed E-state index contributed by atoms with van der Waals surface area (Å²) >= 11 is 0. The molecule has 0 saturated heterocycles. The van der Waals surface area contributed by atoms with Crippen LogP contribution in [0.3, 0.4) is 0 Å². The SMILES string of the molecule is COC(=O)C1=CC=C(c2ccc(F)cc2)S1(=O)=O. The average molecular weight is 268 g/mol. The highest BCUT2D eigenvalue weighted by molar-refractivity contribution is 8.05. The van der Waals surface area contributed by atoms with Crippen molar-refractivity contribution in [1.82, 2.24) is 0 Å². The van der Waals surface area contributed by atoms with E-state index in [-0.39, 0.29) is 4.91 Å². The van der Waals surface area contributed by atoms with Crippen LogP contribution in [0.15, 0.2) is 41.3 Å². The number of ether oxygens (including phenoxy) is 1. The summed E-state index contributed by atoms with van der Waals surface area (Å²) in [4.78, 5) is 10.8. The molecule has 1 aliphatic rings. The van der Waals surface area contributed by atoms with Crippen LogP contribution < -0.4 is 0 Å². The maximum Gasteiger partial charge on any atom is 0.349 e. The molecule has 0 unspecified atom stereocenters. The number of rotatable bonds is 2. The third-order valence-corrected chi connectivity index (χ3v) is 4.31. The van der Waals surface area contributed by atoms with Gasteiger partial charge in [0.15, 0.2) is 4.91 Å². The van der Waals surface area contributed by atoms with E-state index in [0.717, 1.165) is 19.2 Å². The lowest BCUT2D eigenvalue weighted by molar-refractivity contribution is -0.135. The third kappa shape index (κ3) is 1.95.